The highest BCUT2D eigenvalue weighted by molar-refractivity contribution is 5.91. The number of rotatable bonds is 4. The fraction of sp³-hybridized carbons (Fsp3) is 0.484. The molecule has 3 aromatic rings. The van der Waals surface area contributed by atoms with Crippen LogP contribution in [0.2, 0.25) is 0 Å². The first-order valence-electron chi connectivity index (χ1n) is 14.2. The van der Waals surface area contributed by atoms with E-state index < -0.39 is 11.9 Å². The van der Waals surface area contributed by atoms with Crippen LogP contribution in [0.5, 0.6) is 5.75 Å². The van der Waals surface area contributed by atoms with E-state index in [0.717, 1.165) is 48.0 Å². The normalized spacial score (nSPS) is 20.6. The largest absolute Gasteiger partial charge is 0.497 e. The van der Waals surface area contributed by atoms with Crippen molar-refractivity contribution in [1.29, 1.82) is 0 Å². The van der Waals surface area contributed by atoms with Crippen molar-refractivity contribution in [1.82, 2.24) is 14.4 Å². The van der Waals surface area contributed by atoms with Crippen LogP contribution in [-0.4, -0.2) is 64.8 Å². The van der Waals surface area contributed by atoms with Crippen molar-refractivity contribution in [3.05, 3.63) is 59.5 Å². The van der Waals surface area contributed by atoms with Crippen LogP contribution < -0.4 is 10.1 Å². The van der Waals surface area contributed by atoms with E-state index in [2.05, 4.69) is 16.0 Å². The minimum atomic E-state index is -0.425. The number of aliphatic hydroxyl groups excluding tert-OH is 1. The molecule has 3 aliphatic rings. The number of anilines is 1. The lowest BCUT2D eigenvalue weighted by Gasteiger charge is -2.51. The third-order valence-corrected chi connectivity index (χ3v) is 9.39. The Morgan fingerprint density at radius 1 is 1.12 bits per heavy atom. The van der Waals surface area contributed by atoms with E-state index in [-0.39, 0.29) is 29.9 Å². The average Bonchev–Trinajstić information content (AvgIpc) is 3.60. The molecule has 2 aliphatic heterocycles. The number of hydrogen-bond donors (Lipinski definition) is 2. The Morgan fingerprint density at radius 3 is 2.55 bits per heavy atom. The molecule has 40 heavy (non-hydrogen) atoms. The Kier molecular flexibility index (Phi) is 6.94. The number of hydrogen-bond acceptors (Lipinski definition) is 4. The van der Waals surface area contributed by atoms with Gasteiger partial charge in [-0.1, -0.05) is 18.9 Å². The second-order valence-corrected chi connectivity index (χ2v) is 11.6. The van der Waals surface area contributed by atoms with Crippen molar-refractivity contribution < 1.29 is 23.8 Å². The highest BCUT2D eigenvalue weighted by Gasteiger charge is 2.50. The number of carbonyl (C=O) groups excluding carboxylic acids is 2. The van der Waals surface area contributed by atoms with Crippen molar-refractivity contribution in [2.45, 2.75) is 50.0 Å². The van der Waals surface area contributed by atoms with E-state index in [1.54, 1.807) is 24.1 Å². The minimum Gasteiger partial charge on any atom is -0.497 e. The standard InChI is InChI=1S/C31H37FN4O4/c1-34-25-17-23(40-2)10-11-24(25)27-28(34)26(18-37)36(29(38)20-6-3-4-7-20)19-31(27)12-14-35(15-13-31)30(39)33-22-9-5-8-21(32)16-22/h5,8-11,16-17,20,26,37H,3-4,6-7,12-15,18-19H2,1-2H3,(H,33,39)/t26-/m1/s1. The van der Waals surface area contributed by atoms with Crippen LogP contribution in [0.15, 0.2) is 42.5 Å². The average molecular weight is 549 g/mol. The molecule has 3 heterocycles. The number of halogens is 1. The minimum absolute atomic E-state index is 0.000404. The molecule has 2 N–H and O–H groups in total. The molecule has 0 radical (unpaired) electrons. The number of carbonyl (C=O) groups is 2. The first-order valence-corrected chi connectivity index (χ1v) is 14.2. The summed E-state index contributed by atoms with van der Waals surface area (Å²) < 4.78 is 21.3. The molecule has 9 heteroatoms. The zero-order valence-electron chi connectivity index (χ0n) is 23.2. The number of nitrogens with one attached hydrogen (secondary N) is 1. The van der Waals surface area contributed by atoms with Crippen LogP contribution in [0.3, 0.4) is 0 Å². The Labute approximate surface area is 233 Å². The van der Waals surface area contributed by atoms with Gasteiger partial charge in [0.25, 0.3) is 0 Å². The van der Waals surface area contributed by atoms with Gasteiger partial charge in [0.2, 0.25) is 5.91 Å². The summed E-state index contributed by atoms with van der Waals surface area (Å²) in [6, 6.07) is 11.3. The summed E-state index contributed by atoms with van der Waals surface area (Å²) in [7, 11) is 3.65. The molecular weight excluding hydrogens is 511 g/mol. The molecule has 1 aromatic heterocycles. The van der Waals surface area contributed by atoms with Crippen molar-refractivity contribution in [2.75, 3.05) is 38.7 Å². The molecule has 1 atom stereocenters. The van der Waals surface area contributed by atoms with Crippen molar-refractivity contribution in [2.24, 2.45) is 13.0 Å². The number of urea groups is 1. The number of piperidine rings is 1. The number of likely N-dealkylation sites (tertiary alicyclic amines) is 1. The molecule has 0 bridgehead atoms. The Balaban J connectivity index is 1.37. The van der Waals surface area contributed by atoms with E-state index in [4.69, 9.17) is 4.74 Å². The van der Waals surface area contributed by atoms with Gasteiger partial charge in [-0.2, -0.15) is 0 Å². The SMILES string of the molecule is COc1ccc2c3c(n(C)c2c1)[C@@H](CO)N(C(=O)C1CCCC1)CC31CCN(C(=O)Nc2cccc(F)c2)CC1. The Hall–Kier alpha value is -3.59. The number of amides is 3. The van der Waals surface area contributed by atoms with Crippen LogP contribution in [0.4, 0.5) is 14.9 Å². The summed E-state index contributed by atoms with van der Waals surface area (Å²) >= 11 is 0. The molecule has 1 spiro atoms. The molecule has 8 nitrogen and oxygen atoms in total. The van der Waals surface area contributed by atoms with E-state index in [0.29, 0.717) is 38.2 Å². The first kappa shape index (κ1) is 26.6. The predicted molar refractivity (Wildman–Crippen MR) is 151 cm³/mol. The summed E-state index contributed by atoms with van der Waals surface area (Å²) in [5.41, 5.74) is 3.21. The van der Waals surface area contributed by atoms with Gasteiger partial charge < -0.3 is 29.5 Å². The lowest BCUT2D eigenvalue weighted by atomic mass is 9.68. The Morgan fingerprint density at radius 2 is 1.88 bits per heavy atom. The van der Waals surface area contributed by atoms with E-state index in [1.165, 1.54) is 17.7 Å². The number of methoxy groups -OCH3 is 1. The summed E-state index contributed by atoms with van der Waals surface area (Å²) in [5, 5.41) is 14.6. The lowest BCUT2D eigenvalue weighted by molar-refractivity contribution is -0.141. The highest BCUT2D eigenvalue weighted by Crippen LogP contribution is 2.50. The van der Waals surface area contributed by atoms with Gasteiger partial charge in [0, 0.05) is 60.8 Å². The van der Waals surface area contributed by atoms with E-state index >= 15 is 0 Å². The number of nitrogens with zero attached hydrogens (tertiary/aromatic N) is 3. The molecule has 212 valence electrons. The van der Waals surface area contributed by atoms with Crippen LogP contribution in [0.1, 0.15) is 55.8 Å². The fourth-order valence-corrected chi connectivity index (χ4v) is 7.31. The maximum Gasteiger partial charge on any atom is 0.321 e. The van der Waals surface area contributed by atoms with Gasteiger partial charge in [-0.25, -0.2) is 9.18 Å². The lowest BCUT2D eigenvalue weighted by Crippen LogP contribution is -2.57. The zero-order valence-corrected chi connectivity index (χ0v) is 23.2. The fourth-order valence-electron chi connectivity index (χ4n) is 7.31. The summed E-state index contributed by atoms with van der Waals surface area (Å²) in [5.74, 6) is 0.487. The first-order chi connectivity index (χ1) is 19.3. The van der Waals surface area contributed by atoms with Crippen molar-refractivity contribution in [3.63, 3.8) is 0 Å². The third kappa shape index (κ3) is 4.40. The molecule has 3 amide bonds. The summed E-state index contributed by atoms with van der Waals surface area (Å²) in [6.07, 6.45) is 5.27. The van der Waals surface area contributed by atoms with Crippen LogP contribution in [0.25, 0.3) is 10.9 Å². The molecule has 1 aliphatic carbocycles. The second-order valence-electron chi connectivity index (χ2n) is 11.6. The van der Waals surface area contributed by atoms with Gasteiger partial charge in [-0.05, 0) is 61.6 Å². The molecule has 6 rings (SSSR count). The topological polar surface area (TPSA) is 87.0 Å². The summed E-state index contributed by atoms with van der Waals surface area (Å²) in [6.45, 7) is 1.38. The molecule has 1 saturated heterocycles. The second kappa shape index (κ2) is 10.4. The van der Waals surface area contributed by atoms with Gasteiger partial charge in [0.1, 0.15) is 11.6 Å². The number of benzene rings is 2. The molecule has 2 fully saturated rings. The highest BCUT2D eigenvalue weighted by atomic mass is 19.1. The number of fused-ring (bicyclic) bond motifs is 4. The quantitative estimate of drug-likeness (QED) is 0.483. The van der Waals surface area contributed by atoms with Gasteiger partial charge in [-0.3, -0.25) is 4.79 Å². The van der Waals surface area contributed by atoms with Crippen molar-refractivity contribution in [3.8, 4) is 5.75 Å². The van der Waals surface area contributed by atoms with Crippen LogP contribution >= 0.6 is 0 Å². The van der Waals surface area contributed by atoms with Gasteiger partial charge >= 0.3 is 6.03 Å². The van der Waals surface area contributed by atoms with Gasteiger partial charge in [0.15, 0.2) is 0 Å². The maximum atomic E-state index is 13.9. The third-order valence-electron chi connectivity index (χ3n) is 9.39. The van der Waals surface area contributed by atoms with Crippen LogP contribution in [0, 0.1) is 11.7 Å². The van der Waals surface area contributed by atoms with E-state index in [1.807, 2.05) is 24.1 Å². The monoisotopic (exact) mass is 548 g/mol. The number of aryl methyl sites for hydroxylation is 1. The molecule has 2 aromatic carbocycles. The molecule has 0 unspecified atom stereocenters. The molecular formula is C31H37FN4O4. The van der Waals surface area contributed by atoms with Gasteiger partial charge in [-0.15, -0.1) is 0 Å². The Bertz CT molecular complexity index is 1440. The maximum absolute atomic E-state index is 13.9. The van der Waals surface area contributed by atoms with Crippen LogP contribution in [-0.2, 0) is 17.3 Å². The van der Waals surface area contributed by atoms with E-state index in [9.17, 15) is 19.1 Å². The smallest absolute Gasteiger partial charge is 0.321 e. The molecule has 1 saturated carbocycles. The number of aromatic nitrogens is 1. The number of ether oxygens (including phenoxy) is 1. The predicted octanol–water partition coefficient (Wildman–Crippen LogP) is 4.96. The number of aliphatic hydroxyl groups is 1. The van der Waals surface area contributed by atoms with Crippen molar-refractivity contribution >= 4 is 28.5 Å². The van der Waals surface area contributed by atoms with Gasteiger partial charge in [0.05, 0.1) is 25.3 Å². The summed E-state index contributed by atoms with van der Waals surface area (Å²) in [4.78, 5) is 30.7. The zero-order chi connectivity index (χ0) is 28.0.